The van der Waals surface area contributed by atoms with E-state index in [1.54, 1.807) is 25.7 Å². The first-order valence-corrected chi connectivity index (χ1v) is 12.8. The van der Waals surface area contributed by atoms with Crippen LogP contribution in [-0.2, 0) is 14.3 Å². The summed E-state index contributed by atoms with van der Waals surface area (Å²) in [4.78, 5) is 41.8. The quantitative estimate of drug-likeness (QED) is 0.433. The minimum Gasteiger partial charge on any atom is -0.444 e. The third kappa shape index (κ3) is 10.7. The summed E-state index contributed by atoms with van der Waals surface area (Å²) in [7, 11) is 0. The van der Waals surface area contributed by atoms with Crippen LogP contribution in [0, 0.1) is 19.8 Å². The molecule has 1 aromatic carbocycles. The molecule has 2 N–H and O–H groups in total. The lowest BCUT2D eigenvalue weighted by molar-refractivity contribution is -0.143. The predicted octanol–water partition coefficient (Wildman–Crippen LogP) is 5.44. The Labute approximate surface area is 212 Å². The van der Waals surface area contributed by atoms with Crippen LogP contribution >= 0.6 is 0 Å². The van der Waals surface area contributed by atoms with Crippen molar-refractivity contribution in [3.63, 3.8) is 0 Å². The lowest BCUT2D eigenvalue weighted by Gasteiger charge is -2.35. The first-order chi connectivity index (χ1) is 16.1. The van der Waals surface area contributed by atoms with Gasteiger partial charge in [0, 0.05) is 12.6 Å². The van der Waals surface area contributed by atoms with Crippen molar-refractivity contribution in [3.8, 4) is 0 Å². The summed E-state index contributed by atoms with van der Waals surface area (Å²) < 4.78 is 5.44. The van der Waals surface area contributed by atoms with Gasteiger partial charge in [0.1, 0.15) is 17.7 Å². The smallest absolute Gasteiger partial charge is 0.408 e. The topological polar surface area (TPSA) is 87.7 Å². The van der Waals surface area contributed by atoms with E-state index in [1.807, 2.05) is 66.7 Å². The summed E-state index contributed by atoms with van der Waals surface area (Å²) >= 11 is 0. The second kappa shape index (κ2) is 13.5. The number of hydrogen-bond donors (Lipinski definition) is 2. The highest BCUT2D eigenvalue weighted by Gasteiger charge is 2.36. The van der Waals surface area contributed by atoms with Crippen LogP contribution < -0.4 is 10.6 Å². The van der Waals surface area contributed by atoms with Crippen LogP contribution in [-0.4, -0.2) is 47.0 Å². The zero-order valence-electron chi connectivity index (χ0n) is 23.5. The number of nitrogens with one attached hydrogen (secondary N) is 2. The number of hydrogen-bond acceptors (Lipinski definition) is 4. The van der Waals surface area contributed by atoms with E-state index in [4.69, 9.17) is 4.74 Å². The van der Waals surface area contributed by atoms with Gasteiger partial charge in [-0.15, -0.1) is 0 Å². The zero-order valence-corrected chi connectivity index (χ0v) is 23.5. The molecule has 0 aliphatic heterocycles. The highest BCUT2D eigenvalue weighted by atomic mass is 16.6. The molecule has 1 rings (SSSR count). The number of alkyl carbamates (subject to hydrolysis) is 1. The van der Waals surface area contributed by atoms with E-state index in [-0.39, 0.29) is 23.8 Å². The number of ether oxygens (including phenoxy) is 1. The maximum absolute atomic E-state index is 14.0. The molecule has 1 aromatic rings. The molecule has 0 aliphatic rings. The van der Waals surface area contributed by atoms with E-state index in [0.29, 0.717) is 13.0 Å². The van der Waals surface area contributed by atoms with Crippen LogP contribution in [0.1, 0.15) is 97.4 Å². The monoisotopic (exact) mass is 489 g/mol. The molecular weight excluding hydrogens is 442 g/mol. The first kappa shape index (κ1) is 30.5. The number of rotatable bonds is 11. The number of benzene rings is 1. The number of nitrogens with zero attached hydrogens (tertiary/aromatic N) is 1. The van der Waals surface area contributed by atoms with Crippen LogP contribution in [0.5, 0.6) is 0 Å². The standard InChI is InChI=1S/C28H47N3O4/c1-11-12-13-31(26(33)23(14-18(2)3)30-27(34)35-28(8,9)10)24(25(32)29-19(4)5)22-16-20(6)15-21(7)17-22/h15-19,23-24H,11-14H2,1-10H3,(H,29,32)(H,30,34). The number of carbonyl (C=O) groups excluding carboxylic acids is 3. The summed E-state index contributed by atoms with van der Waals surface area (Å²) in [6.45, 7) is 19.6. The molecule has 3 amide bonds. The lowest BCUT2D eigenvalue weighted by Crippen LogP contribution is -2.54. The van der Waals surface area contributed by atoms with E-state index >= 15 is 0 Å². The van der Waals surface area contributed by atoms with Crippen molar-refractivity contribution in [2.24, 2.45) is 5.92 Å². The van der Waals surface area contributed by atoms with E-state index < -0.39 is 23.8 Å². The minimum absolute atomic E-state index is 0.0783. The molecule has 0 aliphatic carbocycles. The number of amides is 3. The molecular formula is C28H47N3O4. The summed E-state index contributed by atoms with van der Waals surface area (Å²) in [5.41, 5.74) is 2.13. The van der Waals surface area contributed by atoms with E-state index in [2.05, 4.69) is 10.6 Å². The molecule has 2 atom stereocenters. The average Bonchev–Trinajstić information content (AvgIpc) is 2.66. The second-order valence-electron chi connectivity index (χ2n) is 11.2. The van der Waals surface area contributed by atoms with E-state index in [9.17, 15) is 14.4 Å². The van der Waals surface area contributed by atoms with Gasteiger partial charge in [-0.3, -0.25) is 9.59 Å². The maximum Gasteiger partial charge on any atom is 0.408 e. The van der Waals surface area contributed by atoms with Crippen LogP contribution in [0.15, 0.2) is 18.2 Å². The molecule has 0 heterocycles. The van der Waals surface area contributed by atoms with Crippen molar-refractivity contribution in [2.45, 2.75) is 112 Å². The fourth-order valence-corrected chi connectivity index (χ4v) is 4.04. The molecule has 0 saturated carbocycles. The van der Waals surface area contributed by atoms with Crippen LogP contribution in [0.4, 0.5) is 4.79 Å². The normalized spacial score (nSPS) is 13.4. The van der Waals surface area contributed by atoms with Gasteiger partial charge in [0.25, 0.3) is 0 Å². The Hall–Kier alpha value is -2.57. The average molecular weight is 490 g/mol. The van der Waals surface area contributed by atoms with Gasteiger partial charge < -0.3 is 20.3 Å². The van der Waals surface area contributed by atoms with Gasteiger partial charge in [-0.1, -0.05) is 56.5 Å². The zero-order chi connectivity index (χ0) is 26.9. The Bertz CT molecular complexity index is 838. The van der Waals surface area contributed by atoms with Crippen molar-refractivity contribution in [1.82, 2.24) is 15.5 Å². The summed E-state index contributed by atoms with van der Waals surface area (Å²) in [6.07, 6.45) is 1.40. The van der Waals surface area contributed by atoms with E-state index in [1.165, 1.54) is 0 Å². The number of unbranched alkanes of at least 4 members (excludes halogenated alkanes) is 1. The van der Waals surface area contributed by atoms with Crippen molar-refractivity contribution < 1.29 is 19.1 Å². The lowest BCUT2D eigenvalue weighted by atomic mass is 9.96. The Morgan fingerprint density at radius 1 is 0.971 bits per heavy atom. The Morgan fingerprint density at radius 2 is 1.54 bits per heavy atom. The molecule has 0 fully saturated rings. The summed E-state index contributed by atoms with van der Waals surface area (Å²) in [6, 6.07) is 4.29. The van der Waals surface area contributed by atoms with Gasteiger partial charge in [-0.05, 0) is 72.8 Å². The Kier molecular flexibility index (Phi) is 11.7. The molecule has 0 radical (unpaired) electrons. The maximum atomic E-state index is 14.0. The number of carbonyl (C=O) groups is 3. The largest absolute Gasteiger partial charge is 0.444 e. The fraction of sp³-hybridized carbons (Fsp3) is 0.679. The van der Waals surface area contributed by atoms with Crippen molar-refractivity contribution in [2.75, 3.05) is 6.54 Å². The molecule has 0 aromatic heterocycles. The molecule has 0 spiro atoms. The molecule has 35 heavy (non-hydrogen) atoms. The van der Waals surface area contributed by atoms with Crippen molar-refractivity contribution >= 4 is 17.9 Å². The molecule has 0 bridgehead atoms. The molecule has 7 heteroatoms. The molecule has 0 saturated heterocycles. The molecule has 198 valence electrons. The predicted molar refractivity (Wildman–Crippen MR) is 141 cm³/mol. The van der Waals surface area contributed by atoms with Crippen molar-refractivity contribution in [3.05, 3.63) is 34.9 Å². The third-order valence-corrected chi connectivity index (χ3v) is 5.28. The molecule has 7 nitrogen and oxygen atoms in total. The van der Waals surface area contributed by atoms with Crippen LogP contribution in [0.2, 0.25) is 0 Å². The summed E-state index contributed by atoms with van der Waals surface area (Å²) in [5, 5.41) is 5.79. The van der Waals surface area contributed by atoms with E-state index in [0.717, 1.165) is 29.5 Å². The number of aryl methyl sites for hydroxylation is 2. The van der Waals surface area contributed by atoms with Crippen molar-refractivity contribution in [1.29, 1.82) is 0 Å². The third-order valence-electron chi connectivity index (χ3n) is 5.28. The highest BCUT2D eigenvalue weighted by Crippen LogP contribution is 2.26. The Balaban J connectivity index is 3.52. The van der Waals surface area contributed by atoms with Crippen LogP contribution in [0.3, 0.4) is 0 Å². The fourth-order valence-electron chi connectivity index (χ4n) is 4.04. The minimum atomic E-state index is -0.804. The van der Waals surface area contributed by atoms with Gasteiger partial charge in [0.15, 0.2) is 0 Å². The first-order valence-electron chi connectivity index (χ1n) is 12.8. The summed E-state index contributed by atoms with van der Waals surface area (Å²) in [5.74, 6) is -0.354. The highest BCUT2D eigenvalue weighted by molar-refractivity contribution is 5.92. The Morgan fingerprint density at radius 3 is 2.00 bits per heavy atom. The van der Waals surface area contributed by atoms with Gasteiger partial charge in [-0.2, -0.15) is 0 Å². The van der Waals surface area contributed by atoms with Crippen LogP contribution in [0.25, 0.3) is 0 Å². The second-order valence-corrected chi connectivity index (χ2v) is 11.2. The van der Waals surface area contributed by atoms with Gasteiger partial charge >= 0.3 is 6.09 Å². The van der Waals surface area contributed by atoms with Gasteiger partial charge in [0.2, 0.25) is 11.8 Å². The molecule has 2 unspecified atom stereocenters. The SMILES string of the molecule is CCCCN(C(=O)C(CC(C)C)NC(=O)OC(C)(C)C)C(C(=O)NC(C)C)c1cc(C)cc(C)c1. The van der Waals surface area contributed by atoms with Gasteiger partial charge in [0.05, 0.1) is 0 Å². The van der Waals surface area contributed by atoms with Gasteiger partial charge in [-0.25, -0.2) is 4.79 Å².